The van der Waals surface area contributed by atoms with E-state index < -0.39 is 0 Å². The molecule has 2 fully saturated rings. The van der Waals surface area contributed by atoms with Crippen molar-refractivity contribution in [2.24, 2.45) is 5.41 Å². The number of rotatable bonds is 3. The van der Waals surface area contributed by atoms with Gasteiger partial charge in [0, 0.05) is 30.6 Å². The van der Waals surface area contributed by atoms with Crippen molar-refractivity contribution < 1.29 is 9.90 Å². The van der Waals surface area contributed by atoms with Crippen LogP contribution in [0.1, 0.15) is 35.2 Å². The molecule has 142 valence electrons. The minimum atomic E-state index is 0.0150. The molecule has 0 aromatic heterocycles. The molecule has 1 spiro atoms. The van der Waals surface area contributed by atoms with Crippen molar-refractivity contribution in [2.45, 2.75) is 25.9 Å². The summed E-state index contributed by atoms with van der Waals surface area (Å²) < 4.78 is 0. The van der Waals surface area contributed by atoms with E-state index in [4.69, 9.17) is 0 Å². The van der Waals surface area contributed by atoms with Crippen LogP contribution in [0.4, 0.5) is 0 Å². The van der Waals surface area contributed by atoms with Gasteiger partial charge < -0.3 is 14.9 Å². The van der Waals surface area contributed by atoms with Gasteiger partial charge in [0.05, 0.1) is 6.61 Å². The third kappa shape index (κ3) is 3.64. The van der Waals surface area contributed by atoms with Gasteiger partial charge in [0.15, 0.2) is 0 Å². The first-order valence-corrected chi connectivity index (χ1v) is 9.87. The first-order chi connectivity index (χ1) is 13.1. The maximum Gasteiger partial charge on any atom is 0.253 e. The number of nitrogens with zero attached hydrogens (tertiary/aromatic N) is 2. The van der Waals surface area contributed by atoms with Crippen LogP contribution in [0, 0.1) is 5.41 Å². The van der Waals surface area contributed by atoms with Gasteiger partial charge in [-0.25, -0.2) is 0 Å². The molecule has 1 unspecified atom stereocenters. The summed E-state index contributed by atoms with van der Waals surface area (Å²) in [6.07, 6.45) is 3.53. The minimum absolute atomic E-state index is 0.0150. The smallest absolute Gasteiger partial charge is 0.253 e. The van der Waals surface area contributed by atoms with E-state index in [0.717, 1.165) is 54.9 Å². The minimum Gasteiger partial charge on any atom is -0.392 e. The maximum absolute atomic E-state index is 13.1. The summed E-state index contributed by atoms with van der Waals surface area (Å²) in [5.74, 6) is 0.144. The first-order valence-electron chi connectivity index (χ1n) is 9.87. The molecule has 2 aliphatic heterocycles. The molecule has 1 atom stereocenters. The highest BCUT2D eigenvalue weighted by Gasteiger charge is 2.41. The van der Waals surface area contributed by atoms with Crippen molar-refractivity contribution in [2.75, 3.05) is 33.2 Å². The SMILES string of the molecule is CN1CCC2(CCCN(C(=O)c3ccc(-c4ccccc4CO)cc3)C2)C1. The Hall–Kier alpha value is -2.17. The normalized spacial score (nSPS) is 23.1. The average Bonchev–Trinajstić information content (AvgIpc) is 3.07. The molecule has 2 heterocycles. The lowest BCUT2D eigenvalue weighted by atomic mass is 9.79. The Morgan fingerprint density at radius 1 is 1.04 bits per heavy atom. The molecule has 4 rings (SSSR count). The second-order valence-corrected chi connectivity index (χ2v) is 8.21. The Labute approximate surface area is 161 Å². The fourth-order valence-electron chi connectivity index (χ4n) is 4.79. The number of aliphatic hydroxyl groups is 1. The number of benzene rings is 2. The van der Waals surface area contributed by atoms with Crippen LogP contribution >= 0.6 is 0 Å². The molecule has 2 saturated heterocycles. The van der Waals surface area contributed by atoms with Crippen molar-refractivity contribution in [1.82, 2.24) is 9.80 Å². The summed E-state index contributed by atoms with van der Waals surface area (Å²) >= 11 is 0. The Bertz CT molecular complexity index is 813. The van der Waals surface area contributed by atoms with Gasteiger partial charge in [0.1, 0.15) is 0 Å². The lowest BCUT2D eigenvalue weighted by molar-refractivity contribution is 0.0534. The number of hydrogen-bond acceptors (Lipinski definition) is 3. The summed E-state index contributed by atoms with van der Waals surface area (Å²) in [6, 6.07) is 15.7. The summed E-state index contributed by atoms with van der Waals surface area (Å²) in [7, 11) is 2.18. The van der Waals surface area contributed by atoms with E-state index in [1.165, 1.54) is 12.8 Å². The van der Waals surface area contributed by atoms with Crippen LogP contribution < -0.4 is 0 Å². The number of carbonyl (C=O) groups is 1. The highest BCUT2D eigenvalue weighted by molar-refractivity contribution is 5.95. The van der Waals surface area contributed by atoms with Crippen molar-refractivity contribution >= 4 is 5.91 Å². The van der Waals surface area contributed by atoms with Crippen LogP contribution in [-0.4, -0.2) is 54.0 Å². The van der Waals surface area contributed by atoms with Crippen LogP contribution in [-0.2, 0) is 6.61 Å². The molecule has 2 aliphatic rings. The lowest BCUT2D eigenvalue weighted by Gasteiger charge is -2.40. The van der Waals surface area contributed by atoms with E-state index in [0.29, 0.717) is 5.41 Å². The number of carbonyl (C=O) groups excluding carboxylic acids is 1. The van der Waals surface area contributed by atoms with Gasteiger partial charge in [-0.2, -0.15) is 0 Å². The fraction of sp³-hybridized carbons (Fsp3) is 0.435. The van der Waals surface area contributed by atoms with Gasteiger partial charge in [0.2, 0.25) is 0 Å². The van der Waals surface area contributed by atoms with Gasteiger partial charge in [-0.15, -0.1) is 0 Å². The number of hydrogen-bond donors (Lipinski definition) is 1. The monoisotopic (exact) mass is 364 g/mol. The van der Waals surface area contributed by atoms with Gasteiger partial charge in [0.25, 0.3) is 5.91 Å². The Morgan fingerprint density at radius 2 is 1.81 bits per heavy atom. The number of likely N-dealkylation sites (tertiary alicyclic amines) is 2. The van der Waals surface area contributed by atoms with E-state index in [1.54, 1.807) is 0 Å². The largest absolute Gasteiger partial charge is 0.392 e. The van der Waals surface area contributed by atoms with E-state index in [1.807, 2.05) is 48.5 Å². The third-order valence-electron chi connectivity index (χ3n) is 6.21. The van der Waals surface area contributed by atoms with Crippen LogP contribution in [0.3, 0.4) is 0 Å². The number of piperidine rings is 1. The average molecular weight is 364 g/mol. The quantitative estimate of drug-likeness (QED) is 0.908. The van der Waals surface area contributed by atoms with E-state index >= 15 is 0 Å². The molecule has 27 heavy (non-hydrogen) atoms. The standard InChI is InChI=1S/C23H28N2O2/c1-24-14-12-23(16-24)11-4-13-25(17-23)22(27)19-9-7-18(8-10-19)21-6-3-2-5-20(21)15-26/h2-3,5-10,26H,4,11-17H2,1H3. The molecule has 1 N–H and O–H groups in total. The summed E-state index contributed by atoms with van der Waals surface area (Å²) in [5, 5.41) is 9.55. The zero-order valence-electron chi connectivity index (χ0n) is 16.0. The lowest BCUT2D eigenvalue weighted by Crippen LogP contribution is -2.47. The van der Waals surface area contributed by atoms with E-state index in [9.17, 15) is 9.90 Å². The summed E-state index contributed by atoms with van der Waals surface area (Å²) in [6.45, 7) is 4.00. The van der Waals surface area contributed by atoms with Crippen LogP contribution in [0.2, 0.25) is 0 Å². The van der Waals surface area contributed by atoms with Crippen LogP contribution in [0.5, 0.6) is 0 Å². The molecule has 0 bridgehead atoms. The predicted octanol–water partition coefficient (Wildman–Crippen LogP) is 3.40. The van der Waals surface area contributed by atoms with E-state index in [2.05, 4.69) is 16.8 Å². The van der Waals surface area contributed by atoms with Gasteiger partial charge in [-0.3, -0.25) is 4.79 Å². The summed E-state index contributed by atoms with van der Waals surface area (Å²) in [5.41, 5.74) is 4.00. The second-order valence-electron chi connectivity index (χ2n) is 8.21. The highest BCUT2D eigenvalue weighted by atomic mass is 16.3. The maximum atomic E-state index is 13.1. The summed E-state index contributed by atoms with van der Waals surface area (Å²) in [4.78, 5) is 17.5. The molecule has 0 aliphatic carbocycles. The van der Waals surface area contributed by atoms with Crippen molar-refractivity contribution in [3.05, 3.63) is 59.7 Å². The van der Waals surface area contributed by atoms with Crippen LogP contribution in [0.25, 0.3) is 11.1 Å². The first kappa shape index (κ1) is 18.2. The van der Waals surface area contributed by atoms with Crippen LogP contribution in [0.15, 0.2) is 48.5 Å². The third-order valence-corrected chi connectivity index (χ3v) is 6.21. The highest BCUT2D eigenvalue weighted by Crippen LogP contribution is 2.38. The molecular weight excluding hydrogens is 336 g/mol. The predicted molar refractivity (Wildman–Crippen MR) is 107 cm³/mol. The zero-order chi connectivity index (χ0) is 18.9. The number of aliphatic hydroxyl groups excluding tert-OH is 1. The molecular formula is C23H28N2O2. The van der Waals surface area contributed by atoms with Crippen molar-refractivity contribution in [3.63, 3.8) is 0 Å². The molecule has 4 heteroatoms. The molecule has 1 amide bonds. The van der Waals surface area contributed by atoms with Gasteiger partial charge >= 0.3 is 0 Å². The van der Waals surface area contributed by atoms with Crippen molar-refractivity contribution in [1.29, 1.82) is 0 Å². The Morgan fingerprint density at radius 3 is 2.52 bits per heavy atom. The zero-order valence-corrected chi connectivity index (χ0v) is 16.0. The topological polar surface area (TPSA) is 43.8 Å². The number of amides is 1. The fourth-order valence-corrected chi connectivity index (χ4v) is 4.79. The molecule has 0 saturated carbocycles. The molecule has 0 radical (unpaired) electrons. The second kappa shape index (κ2) is 7.45. The molecule has 4 nitrogen and oxygen atoms in total. The molecule has 2 aromatic rings. The molecule has 2 aromatic carbocycles. The van der Waals surface area contributed by atoms with E-state index in [-0.39, 0.29) is 12.5 Å². The Kier molecular flexibility index (Phi) is 5.02. The Balaban J connectivity index is 1.51. The van der Waals surface area contributed by atoms with Crippen molar-refractivity contribution in [3.8, 4) is 11.1 Å². The van der Waals surface area contributed by atoms with Gasteiger partial charge in [-0.05, 0) is 61.7 Å². The van der Waals surface area contributed by atoms with Gasteiger partial charge in [-0.1, -0.05) is 36.4 Å².